The minimum atomic E-state index is 0.0397. The van der Waals surface area contributed by atoms with E-state index in [-0.39, 0.29) is 12.2 Å². The summed E-state index contributed by atoms with van der Waals surface area (Å²) in [4.78, 5) is 14.7. The third kappa shape index (κ3) is 3.75. The first-order valence-electron chi connectivity index (χ1n) is 8.70. The lowest BCUT2D eigenvalue weighted by atomic mass is 9.87. The topological polar surface area (TPSA) is 32.3 Å². The van der Waals surface area contributed by atoms with Crippen LogP contribution < -0.4 is 5.32 Å². The van der Waals surface area contributed by atoms with Crippen molar-refractivity contribution in [2.45, 2.75) is 84.3 Å². The number of amides is 1. The Bertz CT molecular complexity index is 310. The Morgan fingerprint density at radius 2 is 1.90 bits per heavy atom. The highest BCUT2D eigenvalue weighted by Gasteiger charge is 2.39. The molecule has 0 aromatic carbocycles. The molecule has 1 saturated carbocycles. The van der Waals surface area contributed by atoms with E-state index in [1.54, 1.807) is 0 Å². The van der Waals surface area contributed by atoms with E-state index in [4.69, 9.17) is 0 Å². The normalized spacial score (nSPS) is 28.6. The lowest BCUT2D eigenvalue weighted by Gasteiger charge is -2.28. The van der Waals surface area contributed by atoms with E-state index in [0.717, 1.165) is 25.3 Å². The zero-order valence-electron chi connectivity index (χ0n) is 13.5. The maximum Gasteiger partial charge on any atom is 0.241 e. The molecule has 2 aliphatic rings. The van der Waals surface area contributed by atoms with Gasteiger partial charge < -0.3 is 4.90 Å². The SMILES string of the molecule is CCCC1NC(C(C)C)C(=O)N1CCC1CCCCC1. The Hall–Kier alpha value is -0.570. The van der Waals surface area contributed by atoms with Gasteiger partial charge in [-0.1, -0.05) is 59.3 Å². The van der Waals surface area contributed by atoms with E-state index in [9.17, 15) is 4.79 Å². The van der Waals surface area contributed by atoms with Crippen molar-refractivity contribution in [3.8, 4) is 0 Å². The first-order valence-corrected chi connectivity index (χ1v) is 8.70. The molecule has 0 bridgehead atoms. The maximum absolute atomic E-state index is 12.6. The summed E-state index contributed by atoms with van der Waals surface area (Å²) >= 11 is 0. The molecular weight excluding hydrogens is 248 g/mol. The van der Waals surface area contributed by atoms with Crippen LogP contribution in [0, 0.1) is 11.8 Å². The fraction of sp³-hybridized carbons (Fsp3) is 0.941. The fourth-order valence-electron chi connectivity index (χ4n) is 3.75. The monoisotopic (exact) mass is 280 g/mol. The fourth-order valence-corrected chi connectivity index (χ4v) is 3.75. The number of carbonyl (C=O) groups excluding carboxylic acids is 1. The van der Waals surface area contributed by atoms with Gasteiger partial charge in [-0.05, 0) is 24.7 Å². The predicted molar refractivity (Wildman–Crippen MR) is 83.4 cm³/mol. The smallest absolute Gasteiger partial charge is 0.241 e. The average Bonchev–Trinajstić information content (AvgIpc) is 2.75. The van der Waals surface area contributed by atoms with Crippen molar-refractivity contribution >= 4 is 5.91 Å². The number of carbonyl (C=O) groups is 1. The van der Waals surface area contributed by atoms with Gasteiger partial charge in [0, 0.05) is 6.54 Å². The number of nitrogens with zero attached hydrogens (tertiary/aromatic N) is 1. The van der Waals surface area contributed by atoms with Gasteiger partial charge in [-0.15, -0.1) is 0 Å². The minimum absolute atomic E-state index is 0.0397. The molecule has 2 fully saturated rings. The van der Waals surface area contributed by atoms with Crippen LogP contribution in [0.2, 0.25) is 0 Å². The molecule has 0 aromatic heterocycles. The van der Waals surface area contributed by atoms with Crippen molar-refractivity contribution in [3.63, 3.8) is 0 Å². The zero-order valence-corrected chi connectivity index (χ0v) is 13.5. The molecule has 2 unspecified atom stereocenters. The second kappa shape index (κ2) is 7.44. The van der Waals surface area contributed by atoms with Crippen LogP contribution in [0.25, 0.3) is 0 Å². The summed E-state index contributed by atoms with van der Waals surface area (Å²) < 4.78 is 0. The molecule has 3 heteroatoms. The molecule has 2 atom stereocenters. The molecule has 1 heterocycles. The van der Waals surface area contributed by atoms with Crippen LogP contribution in [-0.4, -0.2) is 29.6 Å². The van der Waals surface area contributed by atoms with E-state index >= 15 is 0 Å². The molecule has 116 valence electrons. The molecule has 0 radical (unpaired) electrons. The molecule has 0 aromatic rings. The lowest BCUT2D eigenvalue weighted by molar-refractivity contribution is -0.131. The van der Waals surface area contributed by atoms with Gasteiger partial charge in [0.05, 0.1) is 12.2 Å². The molecule has 1 aliphatic heterocycles. The summed E-state index contributed by atoms with van der Waals surface area (Å²) in [5.41, 5.74) is 0. The number of hydrogen-bond donors (Lipinski definition) is 1. The van der Waals surface area contributed by atoms with Crippen molar-refractivity contribution in [2.24, 2.45) is 11.8 Å². The zero-order chi connectivity index (χ0) is 14.5. The van der Waals surface area contributed by atoms with Crippen molar-refractivity contribution in [1.29, 1.82) is 0 Å². The van der Waals surface area contributed by atoms with Crippen LogP contribution in [0.5, 0.6) is 0 Å². The summed E-state index contributed by atoms with van der Waals surface area (Å²) in [6.07, 6.45) is 10.7. The van der Waals surface area contributed by atoms with Gasteiger partial charge >= 0.3 is 0 Å². The molecule has 0 spiro atoms. The van der Waals surface area contributed by atoms with Gasteiger partial charge in [0.25, 0.3) is 0 Å². The van der Waals surface area contributed by atoms with E-state index in [1.165, 1.54) is 38.5 Å². The summed E-state index contributed by atoms with van der Waals surface area (Å²) in [5.74, 6) is 1.59. The Kier molecular flexibility index (Phi) is 5.88. The average molecular weight is 280 g/mol. The Morgan fingerprint density at radius 3 is 2.50 bits per heavy atom. The lowest BCUT2D eigenvalue weighted by Crippen LogP contribution is -2.38. The highest BCUT2D eigenvalue weighted by molar-refractivity contribution is 5.84. The van der Waals surface area contributed by atoms with Gasteiger partial charge in [-0.3, -0.25) is 10.1 Å². The van der Waals surface area contributed by atoms with E-state index in [0.29, 0.717) is 11.8 Å². The molecule has 1 amide bonds. The molecule has 20 heavy (non-hydrogen) atoms. The largest absolute Gasteiger partial charge is 0.326 e. The maximum atomic E-state index is 12.6. The van der Waals surface area contributed by atoms with Crippen LogP contribution in [0.4, 0.5) is 0 Å². The molecule has 2 rings (SSSR count). The quantitative estimate of drug-likeness (QED) is 0.807. The first-order chi connectivity index (χ1) is 9.63. The highest BCUT2D eigenvalue weighted by Crippen LogP contribution is 2.28. The number of hydrogen-bond acceptors (Lipinski definition) is 2. The third-order valence-corrected chi connectivity index (χ3v) is 5.03. The number of rotatable bonds is 6. The highest BCUT2D eigenvalue weighted by atomic mass is 16.2. The second-order valence-corrected chi connectivity index (χ2v) is 7.02. The standard InChI is InChI=1S/C17H32N2O/c1-4-8-15-18-16(13(2)3)17(20)19(15)12-11-14-9-6-5-7-10-14/h13-16,18H,4-12H2,1-3H3. The van der Waals surface area contributed by atoms with Crippen LogP contribution in [-0.2, 0) is 4.79 Å². The molecule has 1 N–H and O–H groups in total. The van der Waals surface area contributed by atoms with Gasteiger partial charge in [-0.25, -0.2) is 0 Å². The summed E-state index contributed by atoms with van der Waals surface area (Å²) in [6.45, 7) is 7.45. The van der Waals surface area contributed by atoms with Crippen LogP contribution in [0.15, 0.2) is 0 Å². The summed E-state index contributed by atoms with van der Waals surface area (Å²) in [7, 11) is 0. The van der Waals surface area contributed by atoms with Gasteiger partial charge in [0.15, 0.2) is 0 Å². The van der Waals surface area contributed by atoms with Gasteiger partial charge in [0.1, 0.15) is 0 Å². The van der Waals surface area contributed by atoms with E-state index in [1.807, 2.05) is 0 Å². The third-order valence-electron chi connectivity index (χ3n) is 5.03. The van der Waals surface area contributed by atoms with E-state index in [2.05, 4.69) is 31.0 Å². The molecule has 3 nitrogen and oxygen atoms in total. The van der Waals surface area contributed by atoms with Crippen LogP contribution >= 0.6 is 0 Å². The van der Waals surface area contributed by atoms with Crippen LogP contribution in [0.1, 0.15) is 72.1 Å². The van der Waals surface area contributed by atoms with Gasteiger partial charge in [0.2, 0.25) is 5.91 Å². The predicted octanol–water partition coefficient (Wildman–Crippen LogP) is 3.54. The first kappa shape index (κ1) is 15.8. The van der Waals surface area contributed by atoms with Crippen molar-refractivity contribution < 1.29 is 4.79 Å². The Morgan fingerprint density at radius 1 is 1.20 bits per heavy atom. The molecule has 1 aliphatic carbocycles. The van der Waals surface area contributed by atoms with Crippen molar-refractivity contribution in [1.82, 2.24) is 10.2 Å². The Balaban J connectivity index is 1.90. The second-order valence-electron chi connectivity index (χ2n) is 7.02. The van der Waals surface area contributed by atoms with E-state index < -0.39 is 0 Å². The summed E-state index contributed by atoms with van der Waals surface area (Å²) in [6, 6.07) is 0.0397. The molecular formula is C17H32N2O. The van der Waals surface area contributed by atoms with Crippen LogP contribution in [0.3, 0.4) is 0 Å². The van der Waals surface area contributed by atoms with Crippen molar-refractivity contribution in [2.75, 3.05) is 6.54 Å². The minimum Gasteiger partial charge on any atom is -0.326 e. The number of nitrogens with one attached hydrogen (secondary N) is 1. The Labute approximate surface area is 124 Å². The van der Waals surface area contributed by atoms with Crippen molar-refractivity contribution in [3.05, 3.63) is 0 Å². The van der Waals surface area contributed by atoms with Gasteiger partial charge in [-0.2, -0.15) is 0 Å². The summed E-state index contributed by atoms with van der Waals surface area (Å²) in [5, 5.41) is 3.56. The molecule has 1 saturated heterocycles.